The molecule has 0 amide bonds. The summed E-state index contributed by atoms with van der Waals surface area (Å²) in [6.45, 7) is 6.92. The Labute approximate surface area is 98.8 Å². The van der Waals surface area contributed by atoms with Crippen LogP contribution in [0.4, 0.5) is 5.69 Å². The summed E-state index contributed by atoms with van der Waals surface area (Å²) in [6.07, 6.45) is 0. The van der Waals surface area contributed by atoms with Crippen molar-refractivity contribution in [2.45, 2.75) is 0 Å². The van der Waals surface area contributed by atoms with Crippen molar-refractivity contribution in [3.63, 3.8) is 0 Å². The van der Waals surface area contributed by atoms with Crippen LogP contribution in [0.25, 0.3) is 15.6 Å². The first-order chi connectivity index (χ1) is 6.70. The Bertz CT molecular complexity index is 541. The fourth-order valence-electron chi connectivity index (χ4n) is 1.30. The molecule has 0 saturated carbocycles. The van der Waals surface area contributed by atoms with Gasteiger partial charge in [-0.25, -0.2) is 4.85 Å². The molecule has 0 aliphatic rings. The number of hydrogen-bond acceptors (Lipinski definition) is 0. The van der Waals surface area contributed by atoms with Crippen LogP contribution in [-0.4, -0.2) is 0 Å². The standard InChI is InChI=1S/C11H5Br2N/c1-14-9-3-2-7-5-10(12)11(13)6-8(7)4-9/h2-6H. The third kappa shape index (κ3) is 1.68. The molecule has 1 nitrogen and oxygen atoms in total. The fraction of sp³-hybridized carbons (Fsp3) is 0. The Morgan fingerprint density at radius 2 is 1.57 bits per heavy atom. The topological polar surface area (TPSA) is 4.36 Å². The Morgan fingerprint density at radius 1 is 0.929 bits per heavy atom. The molecule has 0 aliphatic carbocycles. The van der Waals surface area contributed by atoms with Crippen LogP contribution in [0.2, 0.25) is 0 Å². The van der Waals surface area contributed by atoms with E-state index in [2.05, 4.69) is 36.7 Å². The van der Waals surface area contributed by atoms with Crippen molar-refractivity contribution < 1.29 is 0 Å². The zero-order valence-corrected chi connectivity index (χ0v) is 10.3. The number of fused-ring (bicyclic) bond motifs is 1. The molecule has 0 aliphatic heterocycles. The van der Waals surface area contributed by atoms with Gasteiger partial charge in [0.25, 0.3) is 0 Å². The van der Waals surface area contributed by atoms with Gasteiger partial charge < -0.3 is 0 Å². The molecule has 0 radical (unpaired) electrons. The molecule has 0 unspecified atom stereocenters. The van der Waals surface area contributed by atoms with Crippen molar-refractivity contribution in [3.8, 4) is 0 Å². The van der Waals surface area contributed by atoms with Gasteiger partial charge in [-0.05, 0) is 60.8 Å². The van der Waals surface area contributed by atoms with Crippen LogP contribution in [0.15, 0.2) is 39.3 Å². The van der Waals surface area contributed by atoms with E-state index in [1.54, 1.807) is 0 Å². The van der Waals surface area contributed by atoms with Gasteiger partial charge in [0.1, 0.15) is 0 Å². The maximum Gasteiger partial charge on any atom is 0.187 e. The highest BCUT2D eigenvalue weighted by atomic mass is 79.9. The molecule has 0 atom stereocenters. The number of halogens is 2. The second kappa shape index (κ2) is 3.72. The van der Waals surface area contributed by atoms with E-state index in [9.17, 15) is 0 Å². The Morgan fingerprint density at radius 3 is 2.21 bits per heavy atom. The lowest BCUT2D eigenvalue weighted by Gasteiger charge is -2.01. The first kappa shape index (κ1) is 9.70. The van der Waals surface area contributed by atoms with Crippen LogP contribution in [-0.2, 0) is 0 Å². The van der Waals surface area contributed by atoms with Gasteiger partial charge in [0.05, 0.1) is 6.57 Å². The smallest absolute Gasteiger partial charge is 0.187 e. The van der Waals surface area contributed by atoms with Crippen LogP contribution in [0.5, 0.6) is 0 Å². The lowest BCUT2D eigenvalue weighted by atomic mass is 10.1. The van der Waals surface area contributed by atoms with Gasteiger partial charge in [0, 0.05) is 8.95 Å². The van der Waals surface area contributed by atoms with E-state index >= 15 is 0 Å². The maximum absolute atomic E-state index is 6.92. The quantitative estimate of drug-likeness (QED) is 0.609. The summed E-state index contributed by atoms with van der Waals surface area (Å²) in [5.74, 6) is 0. The predicted molar refractivity (Wildman–Crippen MR) is 65.6 cm³/mol. The molecule has 2 aromatic rings. The molecular weight excluding hydrogens is 306 g/mol. The minimum absolute atomic E-state index is 0.673. The van der Waals surface area contributed by atoms with Crippen LogP contribution in [0, 0.1) is 6.57 Å². The third-order valence-electron chi connectivity index (χ3n) is 1.99. The first-order valence-electron chi connectivity index (χ1n) is 3.97. The maximum atomic E-state index is 6.92. The van der Waals surface area contributed by atoms with Gasteiger partial charge in [-0.1, -0.05) is 12.1 Å². The number of hydrogen-bond donors (Lipinski definition) is 0. The van der Waals surface area contributed by atoms with Gasteiger partial charge >= 0.3 is 0 Å². The molecular formula is C11H5Br2N. The minimum atomic E-state index is 0.673. The highest BCUT2D eigenvalue weighted by Crippen LogP contribution is 2.30. The number of benzene rings is 2. The molecule has 0 fully saturated rings. The highest BCUT2D eigenvalue weighted by Gasteiger charge is 2.00. The summed E-state index contributed by atoms with van der Waals surface area (Å²) in [6, 6.07) is 9.72. The minimum Gasteiger partial charge on any atom is -0.238 e. The van der Waals surface area contributed by atoms with E-state index in [1.165, 1.54) is 0 Å². The van der Waals surface area contributed by atoms with Crippen molar-refractivity contribution in [1.82, 2.24) is 0 Å². The van der Waals surface area contributed by atoms with E-state index in [0.29, 0.717) is 5.69 Å². The second-order valence-electron chi connectivity index (χ2n) is 2.91. The average molecular weight is 311 g/mol. The van der Waals surface area contributed by atoms with E-state index < -0.39 is 0 Å². The number of nitrogens with zero attached hydrogens (tertiary/aromatic N) is 1. The van der Waals surface area contributed by atoms with Gasteiger partial charge in [0.15, 0.2) is 5.69 Å². The molecule has 2 rings (SSSR count). The van der Waals surface area contributed by atoms with Crippen molar-refractivity contribution in [2.75, 3.05) is 0 Å². The molecule has 3 heteroatoms. The molecule has 14 heavy (non-hydrogen) atoms. The molecule has 68 valence electrons. The highest BCUT2D eigenvalue weighted by molar-refractivity contribution is 9.13. The SMILES string of the molecule is [C-]#[N+]c1ccc2cc(Br)c(Br)cc2c1. The van der Waals surface area contributed by atoms with Crippen molar-refractivity contribution in [3.05, 3.63) is 50.7 Å². The fourth-order valence-corrected chi connectivity index (χ4v) is 2.02. The molecule has 0 bridgehead atoms. The Hall–Kier alpha value is -0.850. The monoisotopic (exact) mass is 309 g/mol. The normalized spacial score (nSPS) is 10.1. The van der Waals surface area contributed by atoms with Crippen LogP contribution in [0.3, 0.4) is 0 Å². The summed E-state index contributed by atoms with van der Waals surface area (Å²) in [5, 5.41) is 2.21. The third-order valence-corrected chi connectivity index (χ3v) is 3.84. The lowest BCUT2D eigenvalue weighted by Crippen LogP contribution is -1.74. The van der Waals surface area contributed by atoms with Crippen molar-refractivity contribution in [1.29, 1.82) is 0 Å². The first-order valence-corrected chi connectivity index (χ1v) is 5.55. The lowest BCUT2D eigenvalue weighted by molar-refractivity contribution is 1.65. The van der Waals surface area contributed by atoms with E-state index in [-0.39, 0.29) is 0 Å². The predicted octanol–water partition coefficient (Wildman–Crippen LogP) is 4.92. The Kier molecular flexibility index (Phi) is 2.58. The molecule has 0 spiro atoms. The summed E-state index contributed by atoms with van der Waals surface area (Å²) >= 11 is 6.88. The summed E-state index contributed by atoms with van der Waals surface area (Å²) in [5.41, 5.74) is 0.673. The van der Waals surface area contributed by atoms with Crippen LogP contribution >= 0.6 is 31.9 Å². The van der Waals surface area contributed by atoms with E-state index in [0.717, 1.165) is 19.7 Å². The van der Waals surface area contributed by atoms with Gasteiger partial charge in [-0.2, -0.15) is 0 Å². The molecule has 0 saturated heterocycles. The van der Waals surface area contributed by atoms with Gasteiger partial charge in [0.2, 0.25) is 0 Å². The zero-order chi connectivity index (χ0) is 10.1. The van der Waals surface area contributed by atoms with Crippen molar-refractivity contribution >= 4 is 48.3 Å². The van der Waals surface area contributed by atoms with Gasteiger partial charge in [-0.15, -0.1) is 0 Å². The van der Waals surface area contributed by atoms with E-state index in [4.69, 9.17) is 6.57 Å². The molecule has 0 aromatic heterocycles. The average Bonchev–Trinajstić information content (AvgIpc) is 2.19. The molecule has 0 heterocycles. The molecule has 0 N–H and O–H groups in total. The van der Waals surface area contributed by atoms with Crippen LogP contribution in [0.1, 0.15) is 0 Å². The van der Waals surface area contributed by atoms with Crippen LogP contribution < -0.4 is 0 Å². The number of rotatable bonds is 0. The molecule has 2 aromatic carbocycles. The van der Waals surface area contributed by atoms with Crippen molar-refractivity contribution in [2.24, 2.45) is 0 Å². The second-order valence-corrected chi connectivity index (χ2v) is 4.62. The Balaban J connectivity index is 2.78. The zero-order valence-electron chi connectivity index (χ0n) is 7.09. The summed E-state index contributed by atoms with van der Waals surface area (Å²) in [7, 11) is 0. The van der Waals surface area contributed by atoms with Gasteiger partial charge in [-0.3, -0.25) is 0 Å². The van der Waals surface area contributed by atoms with E-state index in [1.807, 2.05) is 30.3 Å². The summed E-state index contributed by atoms with van der Waals surface area (Å²) < 4.78 is 2.03. The summed E-state index contributed by atoms with van der Waals surface area (Å²) in [4.78, 5) is 3.40. The largest absolute Gasteiger partial charge is 0.238 e.